The van der Waals surface area contributed by atoms with Gasteiger partial charge >= 0.3 is 0 Å². The van der Waals surface area contributed by atoms with Crippen molar-refractivity contribution in [3.05, 3.63) is 29.0 Å². The highest BCUT2D eigenvalue weighted by Crippen LogP contribution is 2.26. The summed E-state index contributed by atoms with van der Waals surface area (Å²) < 4.78 is 18.1. The van der Waals surface area contributed by atoms with Gasteiger partial charge in [-0.25, -0.2) is 4.39 Å². The minimum absolute atomic E-state index is 0.0197. The molecule has 1 aromatic rings. The van der Waals surface area contributed by atoms with Gasteiger partial charge in [-0.15, -0.1) is 0 Å². The standard InChI is InChI=1S/C11H14ClFO2/c1-11(2,6-14)7-15-10-4-3-8(13)5-9(10)12/h3-5,14H,6-7H2,1-2H3. The zero-order chi connectivity index (χ0) is 11.5. The van der Waals surface area contributed by atoms with Gasteiger partial charge in [0.2, 0.25) is 0 Å². The summed E-state index contributed by atoms with van der Waals surface area (Å²) >= 11 is 5.77. The maximum Gasteiger partial charge on any atom is 0.138 e. The van der Waals surface area contributed by atoms with Crippen LogP contribution in [0.15, 0.2) is 18.2 Å². The van der Waals surface area contributed by atoms with Gasteiger partial charge in [-0.3, -0.25) is 0 Å². The topological polar surface area (TPSA) is 29.5 Å². The van der Waals surface area contributed by atoms with Crippen LogP contribution in [0.5, 0.6) is 5.75 Å². The Bertz CT molecular complexity index is 339. The van der Waals surface area contributed by atoms with E-state index in [9.17, 15) is 4.39 Å². The molecule has 0 aliphatic carbocycles. The lowest BCUT2D eigenvalue weighted by Crippen LogP contribution is -2.25. The first-order valence-corrected chi connectivity index (χ1v) is 5.01. The Kier molecular flexibility index (Phi) is 3.94. The van der Waals surface area contributed by atoms with Crippen LogP contribution in [0.1, 0.15) is 13.8 Å². The molecule has 0 aromatic heterocycles. The third-order valence-corrected chi connectivity index (χ3v) is 2.24. The van der Waals surface area contributed by atoms with Crippen molar-refractivity contribution in [3.8, 4) is 5.75 Å². The first-order chi connectivity index (χ1) is 6.94. The van der Waals surface area contributed by atoms with Gasteiger partial charge in [0.1, 0.15) is 11.6 Å². The number of rotatable bonds is 4. The second kappa shape index (κ2) is 4.81. The molecule has 2 nitrogen and oxygen atoms in total. The van der Waals surface area contributed by atoms with Crippen molar-refractivity contribution < 1.29 is 14.2 Å². The number of halogens is 2. The molecule has 4 heteroatoms. The molecule has 1 rings (SSSR count). The highest BCUT2D eigenvalue weighted by Gasteiger charge is 2.18. The molecule has 0 aliphatic heterocycles. The predicted molar refractivity (Wildman–Crippen MR) is 57.8 cm³/mol. The van der Waals surface area contributed by atoms with Crippen LogP contribution in [0.25, 0.3) is 0 Å². The van der Waals surface area contributed by atoms with E-state index in [1.807, 2.05) is 13.8 Å². The monoisotopic (exact) mass is 232 g/mol. The predicted octanol–water partition coefficient (Wildman–Crippen LogP) is 2.88. The summed E-state index contributed by atoms with van der Waals surface area (Å²) in [6.07, 6.45) is 0. The van der Waals surface area contributed by atoms with Crippen LogP contribution in [-0.2, 0) is 0 Å². The maximum atomic E-state index is 12.7. The molecule has 0 aliphatic rings. The van der Waals surface area contributed by atoms with Gasteiger partial charge in [-0.05, 0) is 18.2 Å². The fraction of sp³-hybridized carbons (Fsp3) is 0.455. The zero-order valence-electron chi connectivity index (χ0n) is 8.76. The van der Waals surface area contributed by atoms with Crippen LogP contribution in [0, 0.1) is 11.2 Å². The third kappa shape index (κ3) is 3.68. The van der Waals surface area contributed by atoms with Crippen molar-refractivity contribution in [1.82, 2.24) is 0 Å². The summed E-state index contributed by atoms with van der Waals surface area (Å²) in [7, 11) is 0. The first kappa shape index (κ1) is 12.3. The number of aliphatic hydroxyl groups excluding tert-OH is 1. The van der Waals surface area contributed by atoms with E-state index in [0.29, 0.717) is 12.4 Å². The largest absolute Gasteiger partial charge is 0.491 e. The second-order valence-electron chi connectivity index (χ2n) is 4.19. The van der Waals surface area contributed by atoms with Gasteiger partial charge in [-0.1, -0.05) is 25.4 Å². The molecule has 0 amide bonds. The average Bonchev–Trinajstić information content (AvgIpc) is 2.16. The lowest BCUT2D eigenvalue weighted by atomic mass is 9.97. The van der Waals surface area contributed by atoms with Crippen LogP contribution in [0.4, 0.5) is 4.39 Å². The summed E-state index contributed by atoms with van der Waals surface area (Å²) in [6, 6.07) is 3.96. The molecule has 0 radical (unpaired) electrons. The molecule has 0 unspecified atom stereocenters. The fourth-order valence-corrected chi connectivity index (χ4v) is 1.13. The van der Waals surface area contributed by atoms with E-state index >= 15 is 0 Å². The SMILES string of the molecule is CC(C)(CO)COc1ccc(F)cc1Cl. The van der Waals surface area contributed by atoms with E-state index in [1.54, 1.807) is 0 Å². The Morgan fingerprint density at radius 1 is 1.47 bits per heavy atom. The third-order valence-electron chi connectivity index (χ3n) is 1.94. The summed E-state index contributed by atoms with van der Waals surface area (Å²) in [5, 5.41) is 9.25. The smallest absolute Gasteiger partial charge is 0.138 e. The number of aliphatic hydroxyl groups is 1. The molecule has 0 bridgehead atoms. The number of hydrogen-bond donors (Lipinski definition) is 1. The second-order valence-corrected chi connectivity index (χ2v) is 4.59. The number of hydrogen-bond acceptors (Lipinski definition) is 2. The molecule has 0 saturated carbocycles. The summed E-state index contributed by atoms with van der Waals surface area (Å²) in [6.45, 7) is 4.08. The molecule has 1 N–H and O–H groups in total. The Labute approximate surface area is 93.6 Å². The molecule has 0 spiro atoms. The van der Waals surface area contributed by atoms with Gasteiger partial charge in [-0.2, -0.15) is 0 Å². The van der Waals surface area contributed by atoms with Crippen LogP contribution in [0.2, 0.25) is 5.02 Å². The van der Waals surface area contributed by atoms with Crippen molar-refractivity contribution >= 4 is 11.6 Å². The number of ether oxygens (including phenoxy) is 1. The van der Waals surface area contributed by atoms with Crippen molar-refractivity contribution in [3.63, 3.8) is 0 Å². The summed E-state index contributed by atoms with van der Waals surface area (Å²) in [5.74, 6) is 0.0355. The van der Waals surface area contributed by atoms with Crippen molar-refractivity contribution in [2.75, 3.05) is 13.2 Å². The molecule has 15 heavy (non-hydrogen) atoms. The van der Waals surface area contributed by atoms with Crippen LogP contribution < -0.4 is 4.74 Å². The summed E-state index contributed by atoms with van der Waals surface area (Å²) in [4.78, 5) is 0. The molecular weight excluding hydrogens is 219 g/mol. The quantitative estimate of drug-likeness (QED) is 0.865. The molecular formula is C11H14ClFO2. The summed E-state index contributed by atoms with van der Waals surface area (Å²) in [5.41, 5.74) is -0.336. The van der Waals surface area contributed by atoms with Crippen molar-refractivity contribution in [2.45, 2.75) is 13.8 Å². The molecule has 84 valence electrons. The fourth-order valence-electron chi connectivity index (χ4n) is 0.911. The van der Waals surface area contributed by atoms with E-state index in [-0.39, 0.29) is 17.0 Å². The van der Waals surface area contributed by atoms with E-state index in [2.05, 4.69) is 0 Å². The molecule has 0 atom stereocenters. The molecule has 0 fully saturated rings. The van der Waals surface area contributed by atoms with Crippen molar-refractivity contribution in [1.29, 1.82) is 0 Å². The van der Waals surface area contributed by atoms with Gasteiger partial charge in [0.05, 0.1) is 18.2 Å². The van der Waals surface area contributed by atoms with Gasteiger partial charge in [0, 0.05) is 5.41 Å². The van der Waals surface area contributed by atoms with E-state index in [4.69, 9.17) is 21.4 Å². The van der Waals surface area contributed by atoms with Gasteiger partial charge < -0.3 is 9.84 Å². The van der Waals surface area contributed by atoms with E-state index in [0.717, 1.165) is 0 Å². The Hall–Kier alpha value is -0.800. The van der Waals surface area contributed by atoms with Crippen molar-refractivity contribution in [2.24, 2.45) is 5.41 Å². The number of benzene rings is 1. The van der Waals surface area contributed by atoms with Gasteiger partial charge in [0.25, 0.3) is 0 Å². The average molecular weight is 233 g/mol. The lowest BCUT2D eigenvalue weighted by Gasteiger charge is -2.22. The van der Waals surface area contributed by atoms with Gasteiger partial charge in [0.15, 0.2) is 0 Å². The highest BCUT2D eigenvalue weighted by atomic mass is 35.5. The van der Waals surface area contributed by atoms with Crippen LogP contribution >= 0.6 is 11.6 Å². The minimum Gasteiger partial charge on any atom is -0.491 e. The Balaban J connectivity index is 2.66. The van der Waals surface area contributed by atoms with Crippen LogP contribution in [-0.4, -0.2) is 18.3 Å². The molecule has 0 heterocycles. The zero-order valence-corrected chi connectivity index (χ0v) is 9.51. The molecule has 1 aromatic carbocycles. The lowest BCUT2D eigenvalue weighted by molar-refractivity contribution is 0.0976. The highest BCUT2D eigenvalue weighted by molar-refractivity contribution is 6.32. The maximum absolute atomic E-state index is 12.7. The minimum atomic E-state index is -0.395. The first-order valence-electron chi connectivity index (χ1n) is 4.63. The van der Waals surface area contributed by atoms with E-state index in [1.165, 1.54) is 18.2 Å². The normalized spacial score (nSPS) is 11.5. The van der Waals surface area contributed by atoms with Crippen LogP contribution in [0.3, 0.4) is 0 Å². The molecule has 0 saturated heterocycles. The Morgan fingerprint density at radius 3 is 2.67 bits per heavy atom. The Morgan fingerprint density at radius 2 is 2.13 bits per heavy atom. The van der Waals surface area contributed by atoms with E-state index < -0.39 is 5.82 Å².